The quantitative estimate of drug-likeness (QED) is 0.850. The summed E-state index contributed by atoms with van der Waals surface area (Å²) in [5, 5.41) is 6.91. The van der Waals surface area contributed by atoms with Crippen LogP contribution in [0.15, 0.2) is 41.1 Å². The van der Waals surface area contributed by atoms with Crippen molar-refractivity contribution in [3.8, 4) is 0 Å². The van der Waals surface area contributed by atoms with Crippen molar-refractivity contribution in [2.45, 2.75) is 25.6 Å². The minimum atomic E-state index is -4.33. The van der Waals surface area contributed by atoms with Gasteiger partial charge in [-0.25, -0.2) is 0 Å². The SMILES string of the molecule is CC(Cc1ccsc1)Nc1ccccc1C(F)(F)F. The van der Waals surface area contributed by atoms with Gasteiger partial charge in [-0.2, -0.15) is 24.5 Å². The summed E-state index contributed by atoms with van der Waals surface area (Å²) in [7, 11) is 0. The molecule has 1 heterocycles. The minimum absolute atomic E-state index is 0.0573. The molecule has 19 heavy (non-hydrogen) atoms. The number of thiophene rings is 1. The molecule has 1 aromatic heterocycles. The fourth-order valence-corrected chi connectivity index (χ4v) is 2.62. The normalized spacial score (nSPS) is 13.3. The summed E-state index contributed by atoms with van der Waals surface area (Å²) in [6.45, 7) is 1.88. The molecule has 1 atom stereocenters. The van der Waals surface area contributed by atoms with E-state index in [0.717, 1.165) is 11.6 Å². The highest BCUT2D eigenvalue weighted by Crippen LogP contribution is 2.34. The van der Waals surface area contributed by atoms with Crippen LogP contribution in [0.3, 0.4) is 0 Å². The largest absolute Gasteiger partial charge is 0.418 e. The Morgan fingerprint density at radius 1 is 1.21 bits per heavy atom. The molecular weight excluding hydrogens is 271 g/mol. The second-order valence-corrected chi connectivity index (χ2v) is 5.20. The smallest absolute Gasteiger partial charge is 0.382 e. The lowest BCUT2D eigenvalue weighted by atomic mass is 10.1. The second-order valence-electron chi connectivity index (χ2n) is 4.42. The molecule has 102 valence electrons. The first-order valence-electron chi connectivity index (χ1n) is 5.90. The van der Waals surface area contributed by atoms with Crippen molar-refractivity contribution in [3.05, 3.63) is 52.2 Å². The molecule has 1 unspecified atom stereocenters. The topological polar surface area (TPSA) is 12.0 Å². The Morgan fingerprint density at radius 2 is 1.95 bits per heavy atom. The summed E-state index contributed by atoms with van der Waals surface area (Å²) in [6, 6.07) is 7.50. The van der Waals surface area contributed by atoms with Gasteiger partial charge in [-0.1, -0.05) is 12.1 Å². The molecule has 0 aliphatic heterocycles. The zero-order valence-corrected chi connectivity index (χ0v) is 11.2. The highest BCUT2D eigenvalue weighted by Gasteiger charge is 2.33. The molecule has 1 N–H and O–H groups in total. The van der Waals surface area contributed by atoms with E-state index in [1.807, 2.05) is 23.8 Å². The molecule has 0 radical (unpaired) electrons. The summed E-state index contributed by atoms with van der Waals surface area (Å²) in [5.41, 5.74) is 0.652. The van der Waals surface area contributed by atoms with Crippen LogP contribution in [0.5, 0.6) is 0 Å². The molecule has 2 aromatic rings. The second kappa shape index (κ2) is 5.65. The van der Waals surface area contributed by atoms with Gasteiger partial charge >= 0.3 is 6.18 Å². The first-order chi connectivity index (χ1) is 8.97. The summed E-state index contributed by atoms with van der Waals surface area (Å²) in [6.07, 6.45) is -3.62. The van der Waals surface area contributed by atoms with Gasteiger partial charge in [-0.3, -0.25) is 0 Å². The Balaban J connectivity index is 2.10. The van der Waals surface area contributed by atoms with Crippen LogP contribution in [-0.2, 0) is 12.6 Å². The lowest BCUT2D eigenvalue weighted by Gasteiger charge is -2.19. The van der Waals surface area contributed by atoms with Gasteiger partial charge in [0.15, 0.2) is 0 Å². The summed E-state index contributed by atoms with van der Waals surface area (Å²) in [4.78, 5) is 0. The van der Waals surface area contributed by atoms with Crippen LogP contribution in [0.1, 0.15) is 18.1 Å². The number of alkyl halides is 3. The molecule has 5 heteroatoms. The van der Waals surface area contributed by atoms with Gasteiger partial charge in [0, 0.05) is 11.7 Å². The van der Waals surface area contributed by atoms with Gasteiger partial charge in [0.1, 0.15) is 0 Å². The third-order valence-electron chi connectivity index (χ3n) is 2.76. The van der Waals surface area contributed by atoms with E-state index in [0.29, 0.717) is 6.42 Å². The van der Waals surface area contributed by atoms with Gasteiger partial charge in [0.25, 0.3) is 0 Å². The molecule has 0 aliphatic carbocycles. The number of rotatable bonds is 4. The van der Waals surface area contributed by atoms with Crippen molar-refractivity contribution in [3.63, 3.8) is 0 Å². The van der Waals surface area contributed by atoms with Crippen molar-refractivity contribution < 1.29 is 13.2 Å². The Hall–Kier alpha value is -1.49. The molecular formula is C14H14F3NS. The van der Waals surface area contributed by atoms with E-state index in [4.69, 9.17) is 0 Å². The van der Waals surface area contributed by atoms with E-state index >= 15 is 0 Å². The van der Waals surface area contributed by atoms with E-state index in [1.165, 1.54) is 12.1 Å². The molecule has 1 nitrogen and oxygen atoms in total. The summed E-state index contributed by atoms with van der Waals surface area (Å²) in [5.74, 6) is 0. The van der Waals surface area contributed by atoms with Crippen LogP contribution in [0.25, 0.3) is 0 Å². The lowest BCUT2D eigenvalue weighted by molar-refractivity contribution is -0.137. The molecule has 0 spiro atoms. The molecule has 0 bridgehead atoms. The summed E-state index contributed by atoms with van der Waals surface area (Å²) < 4.78 is 38.5. The summed E-state index contributed by atoms with van der Waals surface area (Å²) >= 11 is 1.59. The number of anilines is 1. The minimum Gasteiger partial charge on any atom is -0.382 e. The third kappa shape index (κ3) is 3.73. The van der Waals surface area contributed by atoms with Gasteiger partial charge in [-0.15, -0.1) is 0 Å². The first-order valence-corrected chi connectivity index (χ1v) is 6.85. The monoisotopic (exact) mass is 285 g/mol. The van der Waals surface area contributed by atoms with E-state index < -0.39 is 11.7 Å². The van der Waals surface area contributed by atoms with E-state index in [9.17, 15) is 13.2 Å². The zero-order chi connectivity index (χ0) is 13.9. The van der Waals surface area contributed by atoms with E-state index in [-0.39, 0.29) is 11.7 Å². The highest BCUT2D eigenvalue weighted by atomic mass is 32.1. The number of para-hydroxylation sites is 1. The van der Waals surface area contributed by atoms with Crippen LogP contribution in [-0.4, -0.2) is 6.04 Å². The maximum atomic E-state index is 12.8. The number of halogens is 3. The Morgan fingerprint density at radius 3 is 2.58 bits per heavy atom. The fourth-order valence-electron chi connectivity index (χ4n) is 1.94. The van der Waals surface area contributed by atoms with Crippen LogP contribution in [0.4, 0.5) is 18.9 Å². The number of hydrogen-bond acceptors (Lipinski definition) is 2. The predicted molar refractivity (Wildman–Crippen MR) is 72.6 cm³/mol. The molecule has 0 amide bonds. The van der Waals surface area contributed by atoms with Gasteiger partial charge in [0.05, 0.1) is 5.56 Å². The van der Waals surface area contributed by atoms with Crippen LogP contribution in [0.2, 0.25) is 0 Å². The Bertz CT molecular complexity index is 520. The van der Waals surface area contributed by atoms with Crippen molar-refractivity contribution in [1.29, 1.82) is 0 Å². The lowest BCUT2D eigenvalue weighted by Crippen LogP contribution is -2.20. The van der Waals surface area contributed by atoms with E-state index in [2.05, 4.69) is 5.32 Å². The average Bonchev–Trinajstić information content (AvgIpc) is 2.81. The van der Waals surface area contributed by atoms with E-state index in [1.54, 1.807) is 17.4 Å². The molecule has 0 saturated carbocycles. The first kappa shape index (κ1) is 13.9. The predicted octanol–water partition coefficient (Wildman–Crippen LogP) is 4.81. The van der Waals surface area contributed by atoms with Gasteiger partial charge in [-0.05, 0) is 47.9 Å². The van der Waals surface area contributed by atoms with Crippen molar-refractivity contribution >= 4 is 17.0 Å². The maximum Gasteiger partial charge on any atom is 0.418 e. The highest BCUT2D eigenvalue weighted by molar-refractivity contribution is 7.07. The van der Waals surface area contributed by atoms with Crippen LogP contribution >= 0.6 is 11.3 Å². The maximum absolute atomic E-state index is 12.8. The third-order valence-corrected chi connectivity index (χ3v) is 3.49. The average molecular weight is 285 g/mol. The fraction of sp³-hybridized carbons (Fsp3) is 0.286. The van der Waals surface area contributed by atoms with Gasteiger partial charge in [0.2, 0.25) is 0 Å². The van der Waals surface area contributed by atoms with Crippen molar-refractivity contribution in [2.75, 3.05) is 5.32 Å². The molecule has 2 rings (SSSR count). The number of benzene rings is 1. The zero-order valence-electron chi connectivity index (χ0n) is 10.4. The number of nitrogens with one attached hydrogen (secondary N) is 1. The molecule has 0 saturated heterocycles. The van der Waals surface area contributed by atoms with Gasteiger partial charge < -0.3 is 5.32 Å². The van der Waals surface area contributed by atoms with Crippen LogP contribution in [0, 0.1) is 0 Å². The Kier molecular flexibility index (Phi) is 4.14. The van der Waals surface area contributed by atoms with Crippen LogP contribution < -0.4 is 5.32 Å². The number of hydrogen-bond donors (Lipinski definition) is 1. The Labute approximate surface area is 114 Å². The molecule has 1 aromatic carbocycles. The molecule has 0 fully saturated rings. The van der Waals surface area contributed by atoms with Crippen molar-refractivity contribution in [2.24, 2.45) is 0 Å². The van der Waals surface area contributed by atoms with Crippen molar-refractivity contribution in [1.82, 2.24) is 0 Å². The molecule has 0 aliphatic rings. The standard InChI is InChI=1S/C14H14F3NS/c1-10(8-11-6-7-19-9-11)18-13-5-3-2-4-12(13)14(15,16)17/h2-7,9-10,18H,8H2,1H3.